The molecule has 3 atom stereocenters. The fraction of sp³-hybridized carbons (Fsp3) is 0.308. The molecule has 1 aliphatic rings. The molecule has 0 bridgehead atoms. The minimum absolute atomic E-state index is 0.0511. The number of hydrogen-bond acceptors (Lipinski definition) is 3. The first kappa shape index (κ1) is 23.7. The van der Waals surface area contributed by atoms with Gasteiger partial charge in [0.15, 0.2) is 0 Å². The van der Waals surface area contributed by atoms with Gasteiger partial charge in [0.05, 0.1) is 11.6 Å². The van der Waals surface area contributed by atoms with Gasteiger partial charge in [0, 0.05) is 29.2 Å². The number of alkyl halides is 3. The Labute approximate surface area is 195 Å². The molecule has 0 aliphatic heterocycles. The molecule has 0 saturated heterocycles. The highest BCUT2D eigenvalue weighted by molar-refractivity contribution is 5.84. The van der Waals surface area contributed by atoms with E-state index in [0.29, 0.717) is 23.4 Å². The van der Waals surface area contributed by atoms with Crippen molar-refractivity contribution >= 4 is 5.91 Å². The monoisotopic (exact) mass is 472 g/mol. The summed E-state index contributed by atoms with van der Waals surface area (Å²) < 4.78 is 57.7. The summed E-state index contributed by atoms with van der Waals surface area (Å²) in [7, 11) is 0. The maximum absolute atomic E-state index is 13.7. The van der Waals surface area contributed by atoms with E-state index in [-0.39, 0.29) is 30.3 Å². The molecule has 1 aromatic heterocycles. The highest BCUT2D eigenvalue weighted by Gasteiger charge is 2.55. The molecule has 3 aromatic rings. The average Bonchev–Trinajstić information content (AvgIpc) is 3.51. The van der Waals surface area contributed by atoms with Crippen LogP contribution >= 0.6 is 0 Å². The number of hydrogen-bond donors (Lipinski definition) is 1. The summed E-state index contributed by atoms with van der Waals surface area (Å²) in [6.07, 6.45) is -2.23. The number of pyridine rings is 1. The first-order chi connectivity index (χ1) is 16.1. The number of aromatic nitrogens is 1. The zero-order chi connectivity index (χ0) is 24.5. The van der Waals surface area contributed by atoms with Crippen LogP contribution in [-0.2, 0) is 23.0 Å². The van der Waals surface area contributed by atoms with Crippen molar-refractivity contribution < 1.29 is 27.1 Å². The first-order valence-electron chi connectivity index (χ1n) is 10.9. The number of carbonyl (C=O) groups is 1. The summed E-state index contributed by atoms with van der Waals surface area (Å²) >= 11 is 0. The number of carbonyl (C=O) groups excluding carboxylic acids is 1. The van der Waals surface area contributed by atoms with Crippen LogP contribution in [0, 0.1) is 11.7 Å². The average molecular weight is 472 g/mol. The van der Waals surface area contributed by atoms with Gasteiger partial charge >= 0.3 is 6.18 Å². The lowest BCUT2D eigenvalue weighted by Gasteiger charge is -2.17. The third-order valence-corrected chi connectivity index (χ3v) is 6.38. The van der Waals surface area contributed by atoms with Gasteiger partial charge in [0.2, 0.25) is 11.8 Å². The van der Waals surface area contributed by atoms with E-state index in [1.54, 1.807) is 36.5 Å². The molecule has 0 unspecified atom stereocenters. The lowest BCUT2D eigenvalue weighted by Crippen LogP contribution is -2.30. The lowest BCUT2D eigenvalue weighted by atomic mass is 9.94. The van der Waals surface area contributed by atoms with Gasteiger partial charge in [-0.1, -0.05) is 43.3 Å². The van der Waals surface area contributed by atoms with Gasteiger partial charge < -0.3 is 10.1 Å². The number of benzene rings is 2. The van der Waals surface area contributed by atoms with E-state index in [4.69, 9.17) is 4.74 Å². The molecule has 1 aliphatic carbocycles. The molecule has 1 fully saturated rings. The van der Waals surface area contributed by atoms with Gasteiger partial charge in [0.1, 0.15) is 12.4 Å². The maximum atomic E-state index is 13.7. The van der Waals surface area contributed by atoms with Crippen LogP contribution in [0.25, 0.3) is 0 Å². The molecule has 1 saturated carbocycles. The molecule has 1 heterocycles. The Kier molecular flexibility index (Phi) is 6.34. The van der Waals surface area contributed by atoms with Crippen molar-refractivity contribution in [1.29, 1.82) is 0 Å². The maximum Gasteiger partial charge on any atom is 0.416 e. The van der Waals surface area contributed by atoms with E-state index < -0.39 is 17.2 Å². The SMILES string of the molecule is C[C@@H](NC(=O)[C@H]1C[C@]1(C)c1ccc(C(F)(F)F)cc1)c1ccc(OCc2ccccc2F)nc1. The number of ether oxygens (including phenoxy) is 1. The van der Waals surface area contributed by atoms with Gasteiger partial charge in [-0.05, 0) is 42.7 Å². The van der Waals surface area contributed by atoms with Crippen molar-refractivity contribution in [2.45, 2.75) is 44.5 Å². The Morgan fingerprint density at radius 1 is 1.15 bits per heavy atom. The predicted molar refractivity (Wildman–Crippen MR) is 118 cm³/mol. The van der Waals surface area contributed by atoms with Crippen LogP contribution < -0.4 is 10.1 Å². The zero-order valence-corrected chi connectivity index (χ0v) is 18.7. The normalized spacial score (nSPS) is 20.5. The molecule has 8 heteroatoms. The van der Waals surface area contributed by atoms with E-state index in [1.807, 2.05) is 13.8 Å². The van der Waals surface area contributed by atoms with Crippen LogP contribution in [0.3, 0.4) is 0 Å². The fourth-order valence-corrected chi connectivity index (χ4v) is 4.00. The van der Waals surface area contributed by atoms with Gasteiger partial charge in [-0.3, -0.25) is 4.79 Å². The third kappa shape index (κ3) is 5.05. The van der Waals surface area contributed by atoms with Crippen LogP contribution in [0.4, 0.5) is 17.6 Å². The first-order valence-corrected chi connectivity index (χ1v) is 10.9. The predicted octanol–water partition coefficient (Wildman–Crippen LogP) is 5.97. The molecule has 34 heavy (non-hydrogen) atoms. The standard InChI is InChI=1S/C26H24F4N2O2/c1-16(17-7-12-23(31-14-17)34-15-18-5-3-4-6-22(18)27)32-24(33)21-13-25(21,2)19-8-10-20(11-9-19)26(28,29)30/h3-12,14,16,21H,13,15H2,1-2H3,(H,32,33)/t16-,21-,25-/m1/s1. The van der Waals surface area contributed by atoms with Crippen molar-refractivity contribution in [1.82, 2.24) is 10.3 Å². The topological polar surface area (TPSA) is 51.2 Å². The molecule has 1 amide bonds. The molecule has 2 aromatic carbocycles. The molecule has 178 valence electrons. The van der Waals surface area contributed by atoms with Gasteiger partial charge in [0.25, 0.3) is 0 Å². The molecule has 4 rings (SSSR count). The minimum Gasteiger partial charge on any atom is -0.473 e. The van der Waals surface area contributed by atoms with Crippen molar-refractivity contribution in [3.8, 4) is 5.88 Å². The lowest BCUT2D eigenvalue weighted by molar-refractivity contribution is -0.137. The van der Waals surface area contributed by atoms with Crippen molar-refractivity contribution in [2.75, 3.05) is 0 Å². The molecular weight excluding hydrogens is 448 g/mol. The second kappa shape index (κ2) is 9.08. The molecule has 4 nitrogen and oxygen atoms in total. The Hall–Kier alpha value is -3.42. The van der Waals surface area contributed by atoms with E-state index in [0.717, 1.165) is 17.7 Å². The molecule has 1 N–H and O–H groups in total. The van der Waals surface area contributed by atoms with Gasteiger partial charge in [-0.15, -0.1) is 0 Å². The van der Waals surface area contributed by atoms with Crippen LogP contribution in [0.2, 0.25) is 0 Å². The fourth-order valence-electron chi connectivity index (χ4n) is 4.00. The van der Waals surface area contributed by atoms with Crippen LogP contribution in [0.1, 0.15) is 48.6 Å². The van der Waals surface area contributed by atoms with Crippen molar-refractivity contribution in [3.63, 3.8) is 0 Å². The van der Waals surface area contributed by atoms with Gasteiger partial charge in [-0.2, -0.15) is 13.2 Å². The summed E-state index contributed by atoms with van der Waals surface area (Å²) in [5.41, 5.74) is 0.713. The highest BCUT2D eigenvalue weighted by atomic mass is 19.4. The molecule has 0 radical (unpaired) electrons. The Balaban J connectivity index is 1.32. The Morgan fingerprint density at radius 3 is 2.47 bits per heavy atom. The van der Waals surface area contributed by atoms with E-state index in [1.165, 1.54) is 18.2 Å². The number of amides is 1. The number of nitrogens with zero attached hydrogens (tertiary/aromatic N) is 1. The largest absolute Gasteiger partial charge is 0.473 e. The summed E-state index contributed by atoms with van der Waals surface area (Å²) in [5.74, 6) is -0.487. The smallest absolute Gasteiger partial charge is 0.416 e. The molecule has 0 spiro atoms. The van der Waals surface area contributed by atoms with Gasteiger partial charge in [-0.25, -0.2) is 9.37 Å². The number of rotatable bonds is 7. The minimum atomic E-state index is -4.39. The van der Waals surface area contributed by atoms with E-state index in [2.05, 4.69) is 10.3 Å². The van der Waals surface area contributed by atoms with Crippen LogP contribution in [-0.4, -0.2) is 10.9 Å². The van der Waals surface area contributed by atoms with Crippen molar-refractivity contribution in [2.24, 2.45) is 5.92 Å². The van der Waals surface area contributed by atoms with E-state index in [9.17, 15) is 22.4 Å². The quantitative estimate of drug-likeness (QED) is 0.431. The van der Waals surface area contributed by atoms with Crippen LogP contribution in [0.15, 0.2) is 66.9 Å². The Bertz CT molecular complexity index is 1160. The summed E-state index contributed by atoms with van der Waals surface area (Å²) in [6.45, 7) is 3.76. The summed E-state index contributed by atoms with van der Waals surface area (Å²) in [6, 6.07) is 14.4. The second-order valence-electron chi connectivity index (χ2n) is 8.79. The number of halogens is 4. The summed E-state index contributed by atoms with van der Waals surface area (Å²) in [5, 5.41) is 2.95. The Morgan fingerprint density at radius 2 is 1.85 bits per heavy atom. The molecular formula is C26H24F4N2O2. The summed E-state index contributed by atoms with van der Waals surface area (Å²) in [4.78, 5) is 17.0. The second-order valence-corrected chi connectivity index (χ2v) is 8.79. The van der Waals surface area contributed by atoms with Crippen molar-refractivity contribution in [3.05, 3.63) is 94.9 Å². The zero-order valence-electron chi connectivity index (χ0n) is 18.7. The number of nitrogens with one attached hydrogen (secondary N) is 1. The highest BCUT2D eigenvalue weighted by Crippen LogP contribution is 2.54. The van der Waals surface area contributed by atoms with E-state index >= 15 is 0 Å². The van der Waals surface area contributed by atoms with Crippen LogP contribution in [0.5, 0.6) is 5.88 Å². The third-order valence-electron chi connectivity index (χ3n) is 6.38.